The second-order valence-corrected chi connectivity index (χ2v) is 13.3. The number of aliphatic hydroxyl groups excluding tert-OH is 1. The van der Waals surface area contributed by atoms with Crippen LogP contribution in [0.15, 0.2) is 11.6 Å². The van der Waals surface area contributed by atoms with Crippen LogP contribution in [0.4, 0.5) is 0 Å². The van der Waals surface area contributed by atoms with Crippen LogP contribution in [-0.4, -0.2) is 87.2 Å². The third kappa shape index (κ3) is 7.07. The summed E-state index contributed by atoms with van der Waals surface area (Å²) < 4.78 is 5.26. The predicted molar refractivity (Wildman–Crippen MR) is 151 cm³/mol. The summed E-state index contributed by atoms with van der Waals surface area (Å²) in [7, 11) is 0. The normalized spacial score (nSPS) is 35.3. The summed E-state index contributed by atoms with van der Waals surface area (Å²) in [5.74, 6) is -1.65. The Morgan fingerprint density at radius 2 is 1.84 bits per heavy atom. The standard InChI is InChI=1S/C30H47N3O11/c1-18(34)31-25(32-43-12-4-5-13-44-33(40)41)15-26(38)42-17-24(37)30(39)11-9-22-21-7-6-19-14-20(35)8-10-28(19,2)27(21)23(36)16-29(22,30)3/h14,21-23,25,27,32,36,39-41H,4-13,15-17H2,1-3H3,(H,31,34)/t21-,22-,23-,25?,27+,28-,29-,30-/m0/s1. The van der Waals surface area contributed by atoms with Crippen LogP contribution in [0.1, 0.15) is 85.0 Å². The monoisotopic (exact) mass is 625 g/mol. The van der Waals surface area contributed by atoms with Gasteiger partial charge in [0.25, 0.3) is 0 Å². The van der Waals surface area contributed by atoms with Crippen molar-refractivity contribution in [2.75, 3.05) is 19.8 Å². The fourth-order valence-electron chi connectivity index (χ4n) is 8.59. The van der Waals surface area contributed by atoms with E-state index in [0.717, 1.165) is 18.4 Å². The number of hydrogen-bond acceptors (Lipinski definition) is 13. The highest BCUT2D eigenvalue weighted by atomic mass is 17.1. The third-order valence-corrected chi connectivity index (χ3v) is 10.7. The van der Waals surface area contributed by atoms with Crippen molar-refractivity contribution in [1.82, 2.24) is 16.2 Å². The maximum atomic E-state index is 13.5. The molecule has 14 heteroatoms. The van der Waals surface area contributed by atoms with Crippen molar-refractivity contribution < 1.29 is 54.2 Å². The molecule has 0 bridgehead atoms. The number of rotatable bonds is 14. The molecule has 0 spiro atoms. The molecule has 3 fully saturated rings. The molecule has 14 nitrogen and oxygen atoms in total. The molecule has 0 heterocycles. The number of unbranched alkanes of at least 4 members (excludes halogenated alkanes) is 1. The molecular formula is C30H47N3O11. The number of hydroxylamine groups is 1. The molecule has 0 aromatic carbocycles. The quantitative estimate of drug-likeness (QED) is 0.0702. The van der Waals surface area contributed by atoms with Gasteiger partial charge in [0.05, 0.1) is 31.1 Å². The van der Waals surface area contributed by atoms with Gasteiger partial charge < -0.3 is 20.3 Å². The van der Waals surface area contributed by atoms with Crippen molar-refractivity contribution in [3.05, 3.63) is 11.6 Å². The smallest absolute Gasteiger partial charge is 0.309 e. The van der Waals surface area contributed by atoms with E-state index in [2.05, 4.69) is 22.6 Å². The van der Waals surface area contributed by atoms with Crippen molar-refractivity contribution in [2.24, 2.45) is 28.6 Å². The summed E-state index contributed by atoms with van der Waals surface area (Å²) in [5, 5.41) is 42.5. The Hall–Kier alpha value is -2.30. The van der Waals surface area contributed by atoms with Gasteiger partial charge in [-0.15, -0.1) is 0 Å². The number of esters is 1. The minimum absolute atomic E-state index is 0.000159. The summed E-state index contributed by atoms with van der Waals surface area (Å²) >= 11 is 0. The van der Waals surface area contributed by atoms with Crippen LogP contribution in [0.25, 0.3) is 0 Å². The highest BCUT2D eigenvalue weighted by Crippen LogP contribution is 2.67. The molecule has 1 unspecified atom stereocenters. The average molecular weight is 626 g/mol. The molecule has 248 valence electrons. The number of fused-ring (bicyclic) bond motifs is 5. The Labute approximate surface area is 256 Å². The van der Waals surface area contributed by atoms with Gasteiger partial charge in [-0.3, -0.25) is 39.3 Å². The largest absolute Gasteiger partial charge is 0.457 e. The first-order valence-electron chi connectivity index (χ1n) is 15.5. The van der Waals surface area contributed by atoms with E-state index in [9.17, 15) is 29.4 Å². The van der Waals surface area contributed by atoms with Crippen LogP contribution < -0.4 is 10.8 Å². The molecule has 0 saturated heterocycles. The number of Topliss-reactive ketones (excluding diaryl/α,β-unsaturated/α-hetero) is 1. The van der Waals surface area contributed by atoms with E-state index in [-0.39, 0.29) is 66.8 Å². The van der Waals surface area contributed by atoms with E-state index < -0.39 is 47.6 Å². The topological polar surface area (TPSA) is 204 Å². The molecular weight excluding hydrogens is 578 g/mol. The Bertz CT molecular complexity index is 1130. The number of aliphatic hydroxyl groups is 2. The van der Waals surface area contributed by atoms with E-state index >= 15 is 0 Å². The number of ether oxygens (including phenoxy) is 1. The lowest BCUT2D eigenvalue weighted by Crippen LogP contribution is -2.62. The van der Waals surface area contributed by atoms with E-state index in [0.29, 0.717) is 32.1 Å². The Morgan fingerprint density at radius 1 is 1.11 bits per heavy atom. The van der Waals surface area contributed by atoms with E-state index in [1.165, 1.54) is 6.92 Å². The van der Waals surface area contributed by atoms with Crippen molar-refractivity contribution in [2.45, 2.75) is 103 Å². The Balaban J connectivity index is 1.32. The number of nitrogens with zero attached hydrogens (tertiary/aromatic N) is 1. The minimum Gasteiger partial charge on any atom is -0.457 e. The number of carbonyl (C=O) groups excluding carboxylic acids is 4. The van der Waals surface area contributed by atoms with Crippen LogP contribution >= 0.6 is 0 Å². The molecule has 3 saturated carbocycles. The molecule has 4 aliphatic carbocycles. The number of nitrogens with one attached hydrogen (secondary N) is 2. The van der Waals surface area contributed by atoms with Gasteiger partial charge in [-0.1, -0.05) is 19.4 Å². The lowest BCUT2D eigenvalue weighted by Gasteiger charge is -2.60. The second-order valence-electron chi connectivity index (χ2n) is 13.3. The lowest BCUT2D eigenvalue weighted by molar-refractivity contribution is -0.492. The highest BCUT2D eigenvalue weighted by Gasteiger charge is 2.68. The molecule has 0 aromatic rings. The minimum atomic E-state index is -1.77. The first-order valence-corrected chi connectivity index (χ1v) is 15.5. The first kappa shape index (κ1) is 34.6. The van der Waals surface area contributed by atoms with Crippen LogP contribution in [-0.2, 0) is 33.6 Å². The zero-order valence-electron chi connectivity index (χ0n) is 25.8. The highest BCUT2D eigenvalue weighted by molar-refractivity contribution is 5.92. The van der Waals surface area contributed by atoms with Gasteiger partial charge in [0.1, 0.15) is 11.8 Å². The maximum Gasteiger partial charge on any atom is 0.309 e. The van der Waals surface area contributed by atoms with Gasteiger partial charge >= 0.3 is 5.97 Å². The van der Waals surface area contributed by atoms with Gasteiger partial charge in [-0.2, -0.15) is 5.48 Å². The summed E-state index contributed by atoms with van der Waals surface area (Å²) in [6, 6.07) is 0. The number of amides is 1. The number of allylic oxidation sites excluding steroid dienone is 1. The van der Waals surface area contributed by atoms with Gasteiger partial charge in [-0.05, 0) is 80.6 Å². The van der Waals surface area contributed by atoms with Crippen LogP contribution in [0.2, 0.25) is 0 Å². The molecule has 6 N–H and O–H groups in total. The molecule has 0 aromatic heterocycles. The van der Waals surface area contributed by atoms with Crippen molar-refractivity contribution in [3.63, 3.8) is 0 Å². The summed E-state index contributed by atoms with van der Waals surface area (Å²) in [6.45, 7) is 4.84. The van der Waals surface area contributed by atoms with E-state index in [4.69, 9.17) is 20.0 Å². The molecule has 0 aliphatic heterocycles. The Kier molecular flexibility index (Phi) is 11.0. The first-order chi connectivity index (χ1) is 20.7. The molecule has 4 rings (SSSR count). The van der Waals surface area contributed by atoms with Crippen LogP contribution in [0.5, 0.6) is 0 Å². The maximum absolute atomic E-state index is 13.5. The predicted octanol–water partition coefficient (Wildman–Crippen LogP) is 1.50. The summed E-state index contributed by atoms with van der Waals surface area (Å²) in [5.41, 5.74) is 0.725. The lowest BCUT2D eigenvalue weighted by atomic mass is 9.45. The average Bonchev–Trinajstić information content (AvgIpc) is 3.21. The molecule has 8 atom stereocenters. The van der Waals surface area contributed by atoms with Crippen molar-refractivity contribution in [1.29, 1.82) is 0 Å². The summed E-state index contributed by atoms with van der Waals surface area (Å²) in [4.78, 5) is 59.6. The molecule has 0 radical (unpaired) electrons. The fourth-order valence-corrected chi connectivity index (χ4v) is 8.59. The molecule has 1 amide bonds. The van der Waals surface area contributed by atoms with Gasteiger partial charge in [-0.25, -0.2) is 0 Å². The number of ketones is 2. The SMILES string of the molecule is CC(=O)NC(CC(=O)OCC(=O)[C@@]1(O)CC[C@H]2[C@@H]3CCC4=CC(=O)CC[C@]4(C)[C@H]3[C@@H](O)C[C@@]21C)NOCCCCON(O)O. The van der Waals surface area contributed by atoms with Crippen molar-refractivity contribution in [3.8, 4) is 0 Å². The Morgan fingerprint density at radius 3 is 2.55 bits per heavy atom. The third-order valence-electron chi connectivity index (χ3n) is 10.7. The van der Waals surface area contributed by atoms with Crippen LogP contribution in [0, 0.1) is 28.6 Å². The number of carbonyl (C=O) groups is 4. The number of hydrogen-bond donors (Lipinski definition) is 6. The van der Waals surface area contributed by atoms with Crippen molar-refractivity contribution >= 4 is 23.4 Å². The van der Waals surface area contributed by atoms with Gasteiger partial charge in [0.15, 0.2) is 12.4 Å². The van der Waals surface area contributed by atoms with E-state index in [1.807, 2.05) is 6.92 Å². The zero-order chi connectivity index (χ0) is 32.3. The van der Waals surface area contributed by atoms with Gasteiger partial charge in [0, 0.05) is 18.8 Å². The summed E-state index contributed by atoms with van der Waals surface area (Å²) in [6.07, 6.45) is 4.40. The van der Waals surface area contributed by atoms with E-state index in [1.54, 1.807) is 6.08 Å². The molecule has 44 heavy (non-hydrogen) atoms. The van der Waals surface area contributed by atoms with Crippen LogP contribution in [0.3, 0.4) is 0 Å². The fraction of sp³-hybridized carbons (Fsp3) is 0.800. The van der Waals surface area contributed by atoms with Gasteiger partial charge in [0.2, 0.25) is 11.7 Å². The zero-order valence-corrected chi connectivity index (χ0v) is 25.8. The molecule has 4 aliphatic rings. The second kappa shape index (κ2) is 14.0.